The van der Waals surface area contributed by atoms with Gasteiger partial charge in [0.1, 0.15) is 5.75 Å². The molecule has 0 heterocycles. The van der Waals surface area contributed by atoms with Crippen molar-refractivity contribution >= 4 is 17.6 Å². The number of esters is 1. The molecule has 0 saturated heterocycles. The molecule has 0 radical (unpaired) electrons. The lowest BCUT2D eigenvalue weighted by Crippen LogP contribution is -2.20. The highest BCUT2D eigenvalue weighted by molar-refractivity contribution is 5.96. The van der Waals surface area contributed by atoms with Crippen molar-refractivity contribution in [3.05, 3.63) is 84.4 Å². The lowest BCUT2D eigenvalue weighted by molar-refractivity contribution is -0.118. The number of benzene rings is 3. The average Bonchev–Trinajstić information content (AvgIpc) is 2.74. The predicted molar refractivity (Wildman–Crippen MR) is 108 cm³/mol. The molecule has 0 aliphatic carbocycles. The van der Waals surface area contributed by atoms with Crippen molar-refractivity contribution in [3.63, 3.8) is 0 Å². The maximum absolute atomic E-state index is 12.4. The quantitative estimate of drug-likeness (QED) is 0.616. The van der Waals surface area contributed by atoms with Crippen LogP contribution in [0.3, 0.4) is 0 Å². The second kappa shape index (κ2) is 9.37. The molecule has 1 amide bonds. The van der Waals surface area contributed by atoms with Crippen molar-refractivity contribution in [2.24, 2.45) is 0 Å². The highest BCUT2D eigenvalue weighted by atomic mass is 16.5. The number of ether oxygens (including phenoxy) is 2. The van der Waals surface area contributed by atoms with Crippen molar-refractivity contribution in [1.29, 1.82) is 0 Å². The Morgan fingerprint density at radius 1 is 0.893 bits per heavy atom. The highest BCUT2D eigenvalue weighted by Crippen LogP contribution is 2.27. The van der Waals surface area contributed by atoms with E-state index in [0.717, 1.165) is 11.1 Å². The summed E-state index contributed by atoms with van der Waals surface area (Å²) in [6.07, 6.45) is 0. The topological polar surface area (TPSA) is 64.6 Å². The fourth-order valence-corrected chi connectivity index (χ4v) is 2.72. The van der Waals surface area contributed by atoms with E-state index in [1.165, 1.54) is 0 Å². The molecular weight excluding hydrogens is 354 g/mol. The third kappa shape index (κ3) is 4.98. The highest BCUT2D eigenvalue weighted by Gasteiger charge is 2.11. The predicted octanol–water partition coefficient (Wildman–Crippen LogP) is 4.55. The van der Waals surface area contributed by atoms with Crippen LogP contribution in [0.1, 0.15) is 17.3 Å². The Bertz CT molecular complexity index is 954. The van der Waals surface area contributed by atoms with E-state index in [1.54, 1.807) is 31.2 Å². The van der Waals surface area contributed by atoms with Crippen molar-refractivity contribution in [2.75, 3.05) is 18.5 Å². The largest absolute Gasteiger partial charge is 0.484 e. The molecule has 0 atom stereocenters. The summed E-state index contributed by atoms with van der Waals surface area (Å²) in [5.74, 6) is -0.281. The molecule has 0 spiro atoms. The minimum Gasteiger partial charge on any atom is -0.484 e. The Hall–Kier alpha value is -3.60. The van der Waals surface area contributed by atoms with E-state index in [2.05, 4.69) is 5.32 Å². The van der Waals surface area contributed by atoms with Crippen molar-refractivity contribution < 1.29 is 19.1 Å². The number of hydrogen-bond donors (Lipinski definition) is 1. The molecule has 0 aromatic heterocycles. The van der Waals surface area contributed by atoms with Crippen LogP contribution in [0.5, 0.6) is 5.75 Å². The van der Waals surface area contributed by atoms with E-state index in [-0.39, 0.29) is 12.5 Å². The van der Waals surface area contributed by atoms with Gasteiger partial charge >= 0.3 is 5.97 Å². The van der Waals surface area contributed by atoms with Gasteiger partial charge in [-0.05, 0) is 36.8 Å². The van der Waals surface area contributed by atoms with Gasteiger partial charge < -0.3 is 14.8 Å². The number of nitrogens with one attached hydrogen (secondary N) is 1. The average molecular weight is 375 g/mol. The van der Waals surface area contributed by atoms with E-state index in [4.69, 9.17) is 9.47 Å². The fourth-order valence-electron chi connectivity index (χ4n) is 2.72. The van der Waals surface area contributed by atoms with Crippen LogP contribution >= 0.6 is 0 Å². The molecule has 142 valence electrons. The molecule has 1 N–H and O–H groups in total. The Morgan fingerprint density at radius 2 is 1.64 bits per heavy atom. The van der Waals surface area contributed by atoms with Gasteiger partial charge in [-0.1, -0.05) is 54.6 Å². The molecule has 3 aromatic rings. The number of hydrogen-bond acceptors (Lipinski definition) is 4. The van der Waals surface area contributed by atoms with Crippen LogP contribution in [0.15, 0.2) is 78.9 Å². The van der Waals surface area contributed by atoms with Crippen LogP contribution < -0.4 is 10.1 Å². The van der Waals surface area contributed by atoms with Gasteiger partial charge in [-0.15, -0.1) is 0 Å². The monoisotopic (exact) mass is 375 g/mol. The molecule has 3 rings (SSSR count). The number of amides is 1. The van der Waals surface area contributed by atoms with Crippen LogP contribution in [0.25, 0.3) is 11.1 Å². The summed E-state index contributed by atoms with van der Waals surface area (Å²) < 4.78 is 10.5. The van der Waals surface area contributed by atoms with Gasteiger partial charge in [-0.3, -0.25) is 4.79 Å². The van der Waals surface area contributed by atoms with E-state index in [0.29, 0.717) is 23.6 Å². The van der Waals surface area contributed by atoms with E-state index >= 15 is 0 Å². The number of carbonyl (C=O) groups excluding carboxylic acids is 2. The van der Waals surface area contributed by atoms with Crippen LogP contribution in [0.4, 0.5) is 5.69 Å². The van der Waals surface area contributed by atoms with Crippen LogP contribution in [-0.2, 0) is 9.53 Å². The van der Waals surface area contributed by atoms with E-state index < -0.39 is 5.97 Å². The van der Waals surface area contributed by atoms with Gasteiger partial charge in [0.05, 0.1) is 12.2 Å². The Kier molecular flexibility index (Phi) is 6.41. The molecule has 0 unspecified atom stereocenters. The second-order valence-electron chi connectivity index (χ2n) is 6.00. The summed E-state index contributed by atoms with van der Waals surface area (Å²) in [6.45, 7) is 1.87. The molecule has 5 heteroatoms. The first-order chi connectivity index (χ1) is 13.7. The molecule has 0 aliphatic rings. The van der Waals surface area contributed by atoms with Crippen LogP contribution in [0.2, 0.25) is 0 Å². The first-order valence-corrected chi connectivity index (χ1v) is 9.01. The minimum atomic E-state index is -0.422. The molecule has 0 fully saturated rings. The number of anilines is 1. The van der Waals surface area contributed by atoms with Gasteiger partial charge in [0, 0.05) is 11.3 Å². The van der Waals surface area contributed by atoms with Gasteiger partial charge in [-0.2, -0.15) is 0 Å². The zero-order chi connectivity index (χ0) is 19.8. The van der Waals surface area contributed by atoms with Gasteiger partial charge in [-0.25, -0.2) is 4.79 Å². The molecule has 28 heavy (non-hydrogen) atoms. The van der Waals surface area contributed by atoms with Crippen LogP contribution in [-0.4, -0.2) is 25.1 Å². The van der Waals surface area contributed by atoms with E-state index in [1.807, 2.05) is 54.6 Å². The Labute approximate surface area is 163 Å². The van der Waals surface area contributed by atoms with Crippen molar-refractivity contribution in [1.82, 2.24) is 0 Å². The zero-order valence-electron chi connectivity index (χ0n) is 15.6. The third-order valence-electron chi connectivity index (χ3n) is 4.00. The lowest BCUT2D eigenvalue weighted by Gasteiger charge is -2.12. The third-order valence-corrected chi connectivity index (χ3v) is 4.00. The standard InChI is InChI=1S/C23H21NO4/c1-2-27-23(26)18-11-8-12-19(15-18)28-16-22(25)24-21-14-7-6-13-20(21)17-9-4-3-5-10-17/h3-15H,2,16H2,1H3,(H,24,25). The molecule has 5 nitrogen and oxygen atoms in total. The summed E-state index contributed by atoms with van der Waals surface area (Å²) in [4.78, 5) is 24.2. The smallest absolute Gasteiger partial charge is 0.338 e. The normalized spacial score (nSPS) is 10.2. The van der Waals surface area contributed by atoms with E-state index in [9.17, 15) is 9.59 Å². The second-order valence-corrected chi connectivity index (χ2v) is 6.00. The van der Waals surface area contributed by atoms with Crippen molar-refractivity contribution in [2.45, 2.75) is 6.92 Å². The molecule has 0 aliphatic heterocycles. The first kappa shape index (κ1) is 19.2. The maximum atomic E-state index is 12.4. The summed E-state index contributed by atoms with van der Waals surface area (Å²) in [6, 6.07) is 24.0. The summed E-state index contributed by atoms with van der Waals surface area (Å²) in [5, 5.41) is 2.88. The Balaban J connectivity index is 1.65. The van der Waals surface area contributed by atoms with Gasteiger partial charge in [0.2, 0.25) is 0 Å². The zero-order valence-corrected chi connectivity index (χ0v) is 15.6. The number of rotatable bonds is 7. The number of carbonyl (C=O) groups is 2. The Morgan fingerprint density at radius 3 is 2.43 bits per heavy atom. The SMILES string of the molecule is CCOC(=O)c1cccc(OCC(=O)Nc2ccccc2-c2ccccc2)c1. The summed E-state index contributed by atoms with van der Waals surface area (Å²) in [5.41, 5.74) is 3.04. The first-order valence-electron chi connectivity index (χ1n) is 9.01. The lowest BCUT2D eigenvalue weighted by atomic mass is 10.0. The summed E-state index contributed by atoms with van der Waals surface area (Å²) in [7, 11) is 0. The molecule has 0 bridgehead atoms. The van der Waals surface area contributed by atoms with Crippen LogP contribution in [0, 0.1) is 0 Å². The molecule has 3 aromatic carbocycles. The van der Waals surface area contributed by atoms with Gasteiger partial charge in [0.25, 0.3) is 5.91 Å². The molecular formula is C23H21NO4. The maximum Gasteiger partial charge on any atom is 0.338 e. The minimum absolute atomic E-state index is 0.171. The van der Waals surface area contributed by atoms with Crippen molar-refractivity contribution in [3.8, 4) is 16.9 Å². The molecule has 0 saturated carbocycles. The fraction of sp³-hybridized carbons (Fsp3) is 0.130. The summed E-state index contributed by atoms with van der Waals surface area (Å²) >= 11 is 0. The number of para-hydroxylation sites is 1. The van der Waals surface area contributed by atoms with Gasteiger partial charge in [0.15, 0.2) is 6.61 Å².